The highest BCUT2D eigenvalue weighted by Crippen LogP contribution is 2.42. The van der Waals surface area contributed by atoms with Crippen molar-refractivity contribution in [3.8, 4) is 0 Å². The van der Waals surface area contributed by atoms with Crippen LogP contribution in [0.4, 0.5) is 0 Å². The first-order chi connectivity index (χ1) is 6.69. The summed E-state index contributed by atoms with van der Waals surface area (Å²) in [6, 6.07) is 0. The first kappa shape index (κ1) is 12.2. The van der Waals surface area contributed by atoms with Crippen LogP contribution in [0.5, 0.6) is 0 Å². The zero-order valence-corrected chi connectivity index (χ0v) is 10.6. The lowest BCUT2D eigenvalue weighted by molar-refractivity contribution is -0.127. The molecular weight excluding hydrogens is 214 g/mol. The van der Waals surface area contributed by atoms with E-state index in [1.165, 1.54) is 12.8 Å². The molecule has 1 rings (SSSR count). The van der Waals surface area contributed by atoms with Crippen molar-refractivity contribution >= 4 is 27.5 Å². The van der Waals surface area contributed by atoms with Crippen LogP contribution in [0.15, 0.2) is 0 Å². The molecule has 1 amide bonds. The molecule has 1 N–H and O–H groups in total. The number of hydrogen-bond acceptors (Lipinski definition) is 3. The van der Waals surface area contributed by atoms with Gasteiger partial charge in [0.2, 0.25) is 5.91 Å². The van der Waals surface area contributed by atoms with Crippen LogP contribution in [0.2, 0.25) is 0 Å². The lowest BCUT2D eigenvalue weighted by atomic mass is 9.95. The number of rotatable bonds is 5. The molecule has 0 atom stereocenters. The summed E-state index contributed by atoms with van der Waals surface area (Å²) < 4.78 is 0. The normalized spacial score (nSPS) is 19.6. The average molecular weight is 233 g/mol. The van der Waals surface area contributed by atoms with Crippen molar-refractivity contribution in [3.63, 3.8) is 0 Å². The Morgan fingerprint density at radius 3 is 2.57 bits per heavy atom. The van der Waals surface area contributed by atoms with E-state index in [9.17, 15) is 4.79 Å². The van der Waals surface area contributed by atoms with Gasteiger partial charge in [-0.3, -0.25) is 4.79 Å². The van der Waals surface area contributed by atoms with Crippen molar-refractivity contribution < 1.29 is 4.79 Å². The van der Waals surface area contributed by atoms with Crippen molar-refractivity contribution in [3.05, 3.63) is 0 Å². The Labute approximate surface area is 94.4 Å². The van der Waals surface area contributed by atoms with Crippen LogP contribution < -0.4 is 5.32 Å². The van der Waals surface area contributed by atoms with Crippen molar-refractivity contribution in [1.29, 1.82) is 0 Å². The first-order valence-corrected chi connectivity index (χ1v) is 7.70. The van der Waals surface area contributed by atoms with Gasteiger partial charge in [-0.15, -0.1) is 0 Å². The number of carbonyl (C=O) groups excluding carboxylic acids is 1. The standard InChI is InChI=1S/C10H19NOS2/c1-3-4-5-6-11-9(12)10(2)7-13-14-8-10/h3-8H2,1-2H3,(H,11,12). The lowest BCUT2D eigenvalue weighted by Gasteiger charge is -2.20. The molecule has 0 aliphatic carbocycles. The summed E-state index contributed by atoms with van der Waals surface area (Å²) in [7, 11) is 3.62. The minimum absolute atomic E-state index is 0.123. The minimum atomic E-state index is -0.123. The van der Waals surface area contributed by atoms with Gasteiger partial charge in [0.1, 0.15) is 0 Å². The third-order valence-electron chi connectivity index (χ3n) is 2.45. The molecule has 1 aliphatic heterocycles. The molecule has 1 fully saturated rings. The summed E-state index contributed by atoms with van der Waals surface area (Å²) in [5.41, 5.74) is -0.123. The topological polar surface area (TPSA) is 29.1 Å². The third kappa shape index (κ3) is 3.39. The van der Waals surface area contributed by atoms with E-state index in [2.05, 4.69) is 19.2 Å². The Morgan fingerprint density at radius 1 is 1.36 bits per heavy atom. The van der Waals surface area contributed by atoms with E-state index >= 15 is 0 Å². The van der Waals surface area contributed by atoms with E-state index in [0.717, 1.165) is 24.5 Å². The molecule has 1 aliphatic rings. The molecule has 1 saturated heterocycles. The SMILES string of the molecule is CCCCCNC(=O)C1(C)CSSC1. The van der Waals surface area contributed by atoms with E-state index in [4.69, 9.17) is 0 Å². The van der Waals surface area contributed by atoms with Gasteiger partial charge in [-0.25, -0.2) is 0 Å². The maximum Gasteiger partial charge on any atom is 0.227 e. The largest absolute Gasteiger partial charge is 0.356 e. The molecule has 2 nitrogen and oxygen atoms in total. The molecule has 0 spiro atoms. The Balaban J connectivity index is 2.20. The Kier molecular flexibility index (Phi) is 5.17. The van der Waals surface area contributed by atoms with Crippen LogP contribution >= 0.6 is 21.6 Å². The van der Waals surface area contributed by atoms with Gasteiger partial charge in [0, 0.05) is 18.1 Å². The summed E-state index contributed by atoms with van der Waals surface area (Å²) in [6.45, 7) is 5.08. The molecule has 0 saturated carbocycles. The summed E-state index contributed by atoms with van der Waals surface area (Å²) >= 11 is 0. The quantitative estimate of drug-likeness (QED) is 0.585. The van der Waals surface area contributed by atoms with Crippen molar-refractivity contribution in [2.24, 2.45) is 5.41 Å². The van der Waals surface area contributed by atoms with Crippen LogP contribution in [0.3, 0.4) is 0 Å². The zero-order chi connectivity index (χ0) is 10.4. The van der Waals surface area contributed by atoms with E-state index in [1.807, 2.05) is 21.6 Å². The molecule has 0 bridgehead atoms. The van der Waals surface area contributed by atoms with Crippen LogP contribution in [0.25, 0.3) is 0 Å². The van der Waals surface area contributed by atoms with Gasteiger partial charge in [-0.2, -0.15) is 0 Å². The molecule has 0 aromatic rings. The van der Waals surface area contributed by atoms with Gasteiger partial charge in [0.25, 0.3) is 0 Å². The van der Waals surface area contributed by atoms with E-state index in [1.54, 1.807) is 0 Å². The second kappa shape index (κ2) is 5.91. The molecule has 0 aromatic carbocycles. The molecule has 0 radical (unpaired) electrons. The average Bonchev–Trinajstić information content (AvgIpc) is 2.61. The summed E-state index contributed by atoms with van der Waals surface area (Å²) in [5.74, 6) is 2.15. The molecule has 0 aromatic heterocycles. The predicted molar refractivity (Wildman–Crippen MR) is 65.6 cm³/mol. The number of carbonyl (C=O) groups is 1. The number of hydrogen-bond donors (Lipinski definition) is 1. The number of nitrogens with one attached hydrogen (secondary N) is 1. The second-order valence-electron chi connectivity index (χ2n) is 4.05. The maximum absolute atomic E-state index is 11.8. The number of unbranched alkanes of at least 4 members (excludes halogenated alkanes) is 2. The molecular formula is C10H19NOS2. The van der Waals surface area contributed by atoms with Crippen molar-refractivity contribution in [2.45, 2.75) is 33.1 Å². The number of amides is 1. The minimum Gasteiger partial charge on any atom is -0.356 e. The summed E-state index contributed by atoms with van der Waals surface area (Å²) in [6.07, 6.45) is 3.53. The van der Waals surface area contributed by atoms with Gasteiger partial charge in [-0.1, -0.05) is 41.4 Å². The molecule has 14 heavy (non-hydrogen) atoms. The Hall–Kier alpha value is 0.170. The first-order valence-electron chi connectivity index (χ1n) is 5.22. The van der Waals surface area contributed by atoms with Gasteiger partial charge >= 0.3 is 0 Å². The fraction of sp³-hybridized carbons (Fsp3) is 0.900. The second-order valence-corrected chi connectivity index (χ2v) is 6.51. The van der Waals surface area contributed by atoms with Gasteiger partial charge < -0.3 is 5.32 Å². The fourth-order valence-electron chi connectivity index (χ4n) is 1.31. The van der Waals surface area contributed by atoms with Gasteiger partial charge in [0.05, 0.1) is 5.41 Å². The highest BCUT2D eigenvalue weighted by atomic mass is 33.1. The molecule has 4 heteroatoms. The third-order valence-corrected chi connectivity index (χ3v) is 5.34. The van der Waals surface area contributed by atoms with Crippen LogP contribution in [-0.4, -0.2) is 24.0 Å². The highest BCUT2D eigenvalue weighted by Gasteiger charge is 2.37. The fourth-order valence-corrected chi connectivity index (χ4v) is 4.65. The van der Waals surface area contributed by atoms with E-state index in [-0.39, 0.29) is 11.3 Å². The van der Waals surface area contributed by atoms with Crippen LogP contribution in [0.1, 0.15) is 33.1 Å². The van der Waals surface area contributed by atoms with Gasteiger partial charge in [-0.05, 0) is 13.3 Å². The monoisotopic (exact) mass is 233 g/mol. The Morgan fingerprint density at radius 2 is 2.00 bits per heavy atom. The van der Waals surface area contributed by atoms with E-state index in [0.29, 0.717) is 0 Å². The molecule has 82 valence electrons. The Bertz CT molecular complexity index is 191. The zero-order valence-electron chi connectivity index (χ0n) is 8.97. The molecule has 1 heterocycles. The predicted octanol–water partition coefficient (Wildman–Crippen LogP) is 2.69. The lowest BCUT2D eigenvalue weighted by Crippen LogP contribution is -2.40. The highest BCUT2D eigenvalue weighted by molar-refractivity contribution is 8.77. The summed E-state index contributed by atoms with van der Waals surface area (Å²) in [5, 5.41) is 3.03. The van der Waals surface area contributed by atoms with Crippen molar-refractivity contribution in [1.82, 2.24) is 5.32 Å². The van der Waals surface area contributed by atoms with E-state index < -0.39 is 0 Å². The van der Waals surface area contributed by atoms with Crippen molar-refractivity contribution in [2.75, 3.05) is 18.1 Å². The van der Waals surface area contributed by atoms with Crippen LogP contribution in [0, 0.1) is 5.41 Å². The smallest absolute Gasteiger partial charge is 0.227 e. The summed E-state index contributed by atoms with van der Waals surface area (Å²) in [4.78, 5) is 11.8. The molecule has 0 unspecified atom stereocenters. The van der Waals surface area contributed by atoms with Gasteiger partial charge in [0.15, 0.2) is 0 Å². The van der Waals surface area contributed by atoms with Crippen LogP contribution in [-0.2, 0) is 4.79 Å². The maximum atomic E-state index is 11.8.